The number of aryl methyl sites for hydroxylation is 2. The van der Waals surface area contributed by atoms with Gasteiger partial charge in [0, 0.05) is 0 Å². The molecule has 0 spiro atoms. The van der Waals surface area contributed by atoms with E-state index in [4.69, 9.17) is 9.47 Å². The van der Waals surface area contributed by atoms with Crippen LogP contribution in [0.25, 0.3) is 0 Å². The van der Waals surface area contributed by atoms with E-state index in [2.05, 4.69) is 0 Å². The van der Waals surface area contributed by atoms with Crippen LogP contribution in [0, 0.1) is 11.8 Å². The Morgan fingerprint density at radius 2 is 1.12 bits per heavy atom. The van der Waals surface area contributed by atoms with Gasteiger partial charge in [-0.05, 0) is 47.9 Å². The maximum atomic E-state index is 12.5. The number of hydrogen-bond donors (Lipinski definition) is 0. The Morgan fingerprint density at radius 1 is 0.792 bits per heavy atom. The first-order valence-electron chi connectivity index (χ1n) is 8.80. The van der Waals surface area contributed by atoms with Crippen LogP contribution in [0.2, 0.25) is 0 Å². The summed E-state index contributed by atoms with van der Waals surface area (Å²) in [5, 5.41) is 0. The molecule has 0 radical (unpaired) electrons. The Morgan fingerprint density at radius 3 is 1.38 bits per heavy atom. The number of carbonyl (C=O) groups excluding carboxylic acids is 2. The molecule has 4 nitrogen and oxygen atoms in total. The summed E-state index contributed by atoms with van der Waals surface area (Å²) in [6, 6.07) is 3.57. The predicted octanol–water partition coefficient (Wildman–Crippen LogP) is 4.44. The second-order valence-corrected chi connectivity index (χ2v) is 6.86. The number of rotatable bonds is 8. The van der Waals surface area contributed by atoms with Crippen LogP contribution in [-0.2, 0) is 22.3 Å². The molecule has 0 fully saturated rings. The first kappa shape index (κ1) is 20.2. The van der Waals surface area contributed by atoms with Crippen LogP contribution in [0.3, 0.4) is 0 Å². The lowest BCUT2D eigenvalue weighted by Gasteiger charge is -2.15. The third kappa shape index (κ3) is 5.66. The largest absolute Gasteiger partial charge is 0.462 e. The van der Waals surface area contributed by atoms with Gasteiger partial charge in [0.1, 0.15) is 0 Å². The number of hydrogen-bond acceptors (Lipinski definition) is 4. The molecular formula is C20H30O4. The van der Waals surface area contributed by atoms with Crippen LogP contribution >= 0.6 is 0 Å². The van der Waals surface area contributed by atoms with Gasteiger partial charge >= 0.3 is 11.9 Å². The minimum atomic E-state index is -0.461. The molecule has 0 saturated carbocycles. The number of esters is 2. The topological polar surface area (TPSA) is 52.6 Å². The molecule has 1 rings (SSSR count). The minimum absolute atomic E-state index is 0.242. The third-order valence-corrected chi connectivity index (χ3v) is 3.64. The third-order valence-electron chi connectivity index (χ3n) is 3.64. The second kappa shape index (κ2) is 9.45. The van der Waals surface area contributed by atoms with Crippen LogP contribution in [0.5, 0.6) is 0 Å². The van der Waals surface area contributed by atoms with E-state index in [0.717, 1.165) is 24.0 Å². The average molecular weight is 334 g/mol. The Bertz CT molecular complexity index is 522. The van der Waals surface area contributed by atoms with Gasteiger partial charge in [-0.3, -0.25) is 0 Å². The number of benzene rings is 1. The molecule has 0 aromatic heterocycles. The van der Waals surface area contributed by atoms with Crippen molar-refractivity contribution in [2.45, 2.75) is 54.4 Å². The highest BCUT2D eigenvalue weighted by Gasteiger charge is 2.22. The second-order valence-electron chi connectivity index (χ2n) is 6.86. The quantitative estimate of drug-likeness (QED) is 0.660. The van der Waals surface area contributed by atoms with E-state index >= 15 is 0 Å². The molecule has 0 atom stereocenters. The van der Waals surface area contributed by atoms with Crippen molar-refractivity contribution in [3.8, 4) is 0 Å². The fourth-order valence-electron chi connectivity index (χ4n) is 2.33. The van der Waals surface area contributed by atoms with Gasteiger partial charge in [0.05, 0.1) is 24.3 Å². The maximum Gasteiger partial charge on any atom is 0.339 e. The number of carbonyl (C=O) groups is 2. The van der Waals surface area contributed by atoms with Crippen LogP contribution in [0.1, 0.15) is 73.4 Å². The molecule has 0 aliphatic carbocycles. The predicted molar refractivity (Wildman–Crippen MR) is 95.4 cm³/mol. The summed E-state index contributed by atoms with van der Waals surface area (Å²) in [5.74, 6) is -0.438. The lowest BCUT2D eigenvalue weighted by atomic mass is 9.95. The molecule has 0 aliphatic heterocycles. The van der Waals surface area contributed by atoms with Gasteiger partial charge in [0.2, 0.25) is 0 Å². The van der Waals surface area contributed by atoms with Gasteiger partial charge < -0.3 is 9.47 Å². The maximum absolute atomic E-state index is 12.5. The molecule has 1 aromatic rings. The molecule has 0 heterocycles. The summed E-state index contributed by atoms with van der Waals surface area (Å²) < 4.78 is 10.7. The van der Waals surface area contributed by atoms with Crippen molar-refractivity contribution in [1.82, 2.24) is 0 Å². The Hall–Kier alpha value is -1.84. The van der Waals surface area contributed by atoms with E-state index in [-0.39, 0.29) is 11.8 Å². The zero-order chi connectivity index (χ0) is 18.3. The fraction of sp³-hybridized carbons (Fsp3) is 0.600. The van der Waals surface area contributed by atoms with Crippen molar-refractivity contribution >= 4 is 11.9 Å². The highest BCUT2D eigenvalue weighted by atomic mass is 16.5. The van der Waals surface area contributed by atoms with Crippen molar-refractivity contribution in [2.75, 3.05) is 13.2 Å². The summed E-state index contributed by atoms with van der Waals surface area (Å²) in [7, 11) is 0. The molecule has 134 valence electrons. The Labute approximate surface area is 145 Å². The zero-order valence-electron chi connectivity index (χ0n) is 15.8. The molecule has 0 bridgehead atoms. The molecule has 0 saturated heterocycles. The van der Waals surface area contributed by atoms with Crippen molar-refractivity contribution in [3.63, 3.8) is 0 Å². The molecule has 24 heavy (non-hydrogen) atoms. The zero-order valence-corrected chi connectivity index (χ0v) is 15.8. The van der Waals surface area contributed by atoms with Crippen molar-refractivity contribution in [3.05, 3.63) is 34.4 Å². The van der Waals surface area contributed by atoms with Crippen LogP contribution < -0.4 is 0 Å². The summed E-state index contributed by atoms with van der Waals surface area (Å²) in [6.07, 6.45) is 1.60. The van der Waals surface area contributed by atoms with Gasteiger partial charge in [-0.25, -0.2) is 9.59 Å². The molecule has 0 N–H and O–H groups in total. The fourth-order valence-corrected chi connectivity index (χ4v) is 2.33. The molecule has 0 amide bonds. The van der Waals surface area contributed by atoms with Crippen molar-refractivity contribution < 1.29 is 19.1 Å². The summed E-state index contributed by atoms with van der Waals surface area (Å²) >= 11 is 0. The Balaban J connectivity index is 3.21. The SMILES string of the molecule is CCc1cc(C(=O)OCC(C)C)c(C(=O)OCC(C)C)cc1CC. The lowest BCUT2D eigenvalue weighted by Crippen LogP contribution is -2.18. The molecule has 1 aromatic carbocycles. The summed E-state index contributed by atoms with van der Waals surface area (Å²) in [4.78, 5) is 24.9. The normalized spacial score (nSPS) is 11.0. The van der Waals surface area contributed by atoms with Gasteiger partial charge in [-0.15, -0.1) is 0 Å². The minimum Gasteiger partial charge on any atom is -0.462 e. The molecule has 0 aliphatic rings. The summed E-state index contributed by atoms with van der Waals surface area (Å²) in [6.45, 7) is 12.6. The van der Waals surface area contributed by atoms with E-state index in [9.17, 15) is 9.59 Å². The van der Waals surface area contributed by atoms with Crippen LogP contribution in [0.15, 0.2) is 12.1 Å². The molecule has 0 unspecified atom stereocenters. The van der Waals surface area contributed by atoms with E-state index in [1.54, 1.807) is 12.1 Å². The molecule has 4 heteroatoms. The standard InChI is InChI=1S/C20H30O4/c1-7-15-9-17(19(21)23-11-13(3)4)18(10-16(15)8-2)20(22)24-12-14(5)6/h9-10,13-14H,7-8,11-12H2,1-6H3. The van der Waals surface area contributed by atoms with E-state index < -0.39 is 11.9 Å². The van der Waals surface area contributed by atoms with Crippen molar-refractivity contribution in [1.29, 1.82) is 0 Å². The van der Waals surface area contributed by atoms with Gasteiger partial charge in [0.25, 0.3) is 0 Å². The summed E-state index contributed by atoms with van der Waals surface area (Å²) in [5.41, 5.74) is 2.74. The first-order valence-corrected chi connectivity index (χ1v) is 8.80. The van der Waals surface area contributed by atoms with Gasteiger partial charge in [-0.2, -0.15) is 0 Å². The monoisotopic (exact) mass is 334 g/mol. The Kier molecular flexibility index (Phi) is 7.96. The van der Waals surface area contributed by atoms with E-state index in [1.165, 1.54) is 0 Å². The van der Waals surface area contributed by atoms with Gasteiger partial charge in [-0.1, -0.05) is 41.5 Å². The smallest absolute Gasteiger partial charge is 0.339 e. The van der Waals surface area contributed by atoms with Crippen LogP contribution in [0.4, 0.5) is 0 Å². The highest BCUT2D eigenvalue weighted by Crippen LogP contribution is 2.21. The average Bonchev–Trinajstić information content (AvgIpc) is 2.55. The van der Waals surface area contributed by atoms with E-state index in [0.29, 0.717) is 24.3 Å². The first-order chi connectivity index (χ1) is 11.3. The lowest BCUT2D eigenvalue weighted by molar-refractivity contribution is 0.0412. The van der Waals surface area contributed by atoms with Crippen LogP contribution in [-0.4, -0.2) is 25.2 Å². The van der Waals surface area contributed by atoms with Crippen molar-refractivity contribution in [2.24, 2.45) is 11.8 Å². The van der Waals surface area contributed by atoms with E-state index in [1.807, 2.05) is 41.5 Å². The van der Waals surface area contributed by atoms with Gasteiger partial charge in [0.15, 0.2) is 0 Å². The molecular weight excluding hydrogens is 304 g/mol. The highest BCUT2D eigenvalue weighted by molar-refractivity contribution is 6.03. The number of ether oxygens (including phenoxy) is 2.